The van der Waals surface area contributed by atoms with Gasteiger partial charge in [0.05, 0.1) is 6.54 Å². The Hall–Kier alpha value is -2.49. The van der Waals surface area contributed by atoms with Crippen LogP contribution >= 0.6 is 0 Å². The van der Waals surface area contributed by atoms with Crippen molar-refractivity contribution < 1.29 is 4.79 Å². The number of para-hydroxylation sites is 1. The van der Waals surface area contributed by atoms with Crippen LogP contribution in [0.3, 0.4) is 0 Å². The highest BCUT2D eigenvalue weighted by atomic mass is 16.2. The number of anilines is 3. The molecule has 2 aromatic carbocycles. The van der Waals surface area contributed by atoms with Gasteiger partial charge in [-0.25, -0.2) is 0 Å². The molecule has 0 radical (unpaired) electrons. The Balaban J connectivity index is 1.39. The molecule has 0 saturated carbocycles. The van der Waals surface area contributed by atoms with Gasteiger partial charge >= 0.3 is 0 Å². The number of carbonyl (C=O) groups excluding carboxylic acids is 1. The zero-order valence-electron chi connectivity index (χ0n) is 14.7. The molecule has 130 valence electrons. The Bertz CT molecular complexity index is 750. The molecule has 0 aromatic heterocycles. The second-order valence-corrected chi connectivity index (χ2v) is 7.04. The number of fused-ring (bicyclic) bond motifs is 1. The predicted molar refractivity (Wildman–Crippen MR) is 103 cm³/mol. The van der Waals surface area contributed by atoms with E-state index in [2.05, 4.69) is 47.5 Å². The third-order valence-electron chi connectivity index (χ3n) is 5.26. The normalized spacial score (nSPS) is 19.2. The topological polar surface area (TPSA) is 35.6 Å². The molecule has 2 heterocycles. The summed E-state index contributed by atoms with van der Waals surface area (Å²) < 4.78 is 0. The van der Waals surface area contributed by atoms with Gasteiger partial charge in [-0.1, -0.05) is 18.2 Å². The lowest BCUT2D eigenvalue weighted by Gasteiger charge is -2.23. The van der Waals surface area contributed by atoms with Crippen LogP contribution in [0.1, 0.15) is 25.3 Å². The molecular weight excluding hydrogens is 310 g/mol. The molecule has 2 aliphatic rings. The van der Waals surface area contributed by atoms with E-state index in [1.165, 1.54) is 24.1 Å². The van der Waals surface area contributed by atoms with E-state index in [-0.39, 0.29) is 11.9 Å². The Morgan fingerprint density at radius 1 is 1.08 bits per heavy atom. The minimum absolute atomic E-state index is 0.126. The lowest BCUT2D eigenvalue weighted by molar-refractivity contribution is -0.117. The number of carbonyl (C=O) groups is 1. The first-order chi connectivity index (χ1) is 12.2. The van der Waals surface area contributed by atoms with Crippen molar-refractivity contribution >= 4 is 23.0 Å². The summed E-state index contributed by atoms with van der Waals surface area (Å²) in [5.74, 6) is 0.126. The van der Waals surface area contributed by atoms with Gasteiger partial charge in [-0.2, -0.15) is 0 Å². The highest BCUT2D eigenvalue weighted by Gasteiger charge is 2.30. The van der Waals surface area contributed by atoms with Crippen LogP contribution in [-0.4, -0.2) is 31.6 Å². The van der Waals surface area contributed by atoms with Crippen molar-refractivity contribution in [3.63, 3.8) is 0 Å². The van der Waals surface area contributed by atoms with Crippen molar-refractivity contribution in [3.05, 3.63) is 54.1 Å². The molecule has 25 heavy (non-hydrogen) atoms. The Morgan fingerprint density at radius 3 is 2.56 bits per heavy atom. The van der Waals surface area contributed by atoms with Crippen LogP contribution in [0.4, 0.5) is 17.1 Å². The minimum atomic E-state index is 0.126. The predicted octanol–water partition coefficient (Wildman–Crippen LogP) is 3.68. The van der Waals surface area contributed by atoms with Crippen LogP contribution in [0.25, 0.3) is 0 Å². The largest absolute Gasteiger partial charge is 0.376 e. The van der Waals surface area contributed by atoms with E-state index in [4.69, 9.17) is 0 Å². The van der Waals surface area contributed by atoms with E-state index in [0.29, 0.717) is 6.54 Å². The van der Waals surface area contributed by atoms with Crippen LogP contribution < -0.4 is 15.1 Å². The van der Waals surface area contributed by atoms with Crippen LogP contribution in [0.2, 0.25) is 0 Å². The maximum absolute atomic E-state index is 12.7. The number of nitrogens with zero attached hydrogens (tertiary/aromatic N) is 2. The van der Waals surface area contributed by atoms with Crippen LogP contribution in [0.5, 0.6) is 0 Å². The van der Waals surface area contributed by atoms with Gasteiger partial charge in [0.15, 0.2) is 0 Å². The second-order valence-electron chi connectivity index (χ2n) is 7.04. The lowest BCUT2D eigenvalue weighted by Crippen LogP contribution is -2.39. The van der Waals surface area contributed by atoms with Gasteiger partial charge in [-0.3, -0.25) is 4.79 Å². The molecule has 1 atom stereocenters. The number of benzene rings is 2. The number of hydrogen-bond acceptors (Lipinski definition) is 3. The third kappa shape index (κ3) is 3.21. The van der Waals surface area contributed by atoms with E-state index in [0.717, 1.165) is 30.9 Å². The second kappa shape index (κ2) is 6.79. The van der Waals surface area contributed by atoms with Gasteiger partial charge in [0, 0.05) is 36.2 Å². The van der Waals surface area contributed by atoms with E-state index in [1.807, 2.05) is 23.1 Å². The molecule has 4 nitrogen and oxygen atoms in total. The summed E-state index contributed by atoms with van der Waals surface area (Å²) in [6, 6.07) is 16.9. The summed E-state index contributed by atoms with van der Waals surface area (Å²) in [5, 5.41) is 3.28. The summed E-state index contributed by atoms with van der Waals surface area (Å²) >= 11 is 0. The van der Waals surface area contributed by atoms with E-state index < -0.39 is 0 Å². The zero-order valence-corrected chi connectivity index (χ0v) is 14.7. The monoisotopic (exact) mass is 335 g/mol. The van der Waals surface area contributed by atoms with Crippen molar-refractivity contribution in [2.75, 3.05) is 34.8 Å². The number of amides is 1. The van der Waals surface area contributed by atoms with E-state index in [1.54, 1.807) is 0 Å². The molecule has 1 N–H and O–H groups in total. The van der Waals surface area contributed by atoms with E-state index in [9.17, 15) is 4.79 Å². The molecule has 1 unspecified atom stereocenters. The average Bonchev–Trinajstić information content (AvgIpc) is 3.27. The highest BCUT2D eigenvalue weighted by Crippen LogP contribution is 2.31. The fourth-order valence-electron chi connectivity index (χ4n) is 3.97. The summed E-state index contributed by atoms with van der Waals surface area (Å²) in [6.45, 7) is 4.74. The number of nitrogens with one attached hydrogen (secondary N) is 1. The summed E-state index contributed by atoms with van der Waals surface area (Å²) in [7, 11) is 0. The highest BCUT2D eigenvalue weighted by molar-refractivity contribution is 5.98. The van der Waals surface area contributed by atoms with E-state index >= 15 is 0 Å². The Labute approximate surface area is 149 Å². The van der Waals surface area contributed by atoms with Crippen molar-refractivity contribution in [1.82, 2.24) is 0 Å². The molecule has 4 rings (SSSR count). The van der Waals surface area contributed by atoms with Gasteiger partial charge in [-0.05, 0) is 62.1 Å². The average molecular weight is 335 g/mol. The summed E-state index contributed by atoms with van der Waals surface area (Å²) in [4.78, 5) is 17.1. The zero-order chi connectivity index (χ0) is 17.2. The molecule has 1 amide bonds. The molecule has 1 saturated heterocycles. The summed E-state index contributed by atoms with van der Waals surface area (Å²) in [5.41, 5.74) is 4.59. The molecule has 2 aliphatic heterocycles. The maximum atomic E-state index is 12.7. The smallest absolute Gasteiger partial charge is 0.246 e. The molecular formula is C21H25N3O. The third-order valence-corrected chi connectivity index (χ3v) is 5.26. The molecule has 2 aromatic rings. The van der Waals surface area contributed by atoms with Gasteiger partial charge in [0.25, 0.3) is 0 Å². The van der Waals surface area contributed by atoms with Gasteiger partial charge < -0.3 is 15.1 Å². The van der Waals surface area contributed by atoms with Crippen molar-refractivity contribution in [2.45, 2.75) is 32.2 Å². The van der Waals surface area contributed by atoms with Crippen LogP contribution in [0.15, 0.2) is 48.5 Å². The summed E-state index contributed by atoms with van der Waals surface area (Å²) in [6.07, 6.45) is 3.50. The van der Waals surface area contributed by atoms with Crippen molar-refractivity contribution in [3.8, 4) is 0 Å². The quantitative estimate of drug-likeness (QED) is 0.926. The lowest BCUT2D eigenvalue weighted by atomic mass is 10.1. The molecule has 1 fully saturated rings. The molecule has 4 heteroatoms. The molecule has 0 spiro atoms. The van der Waals surface area contributed by atoms with Gasteiger partial charge in [-0.15, -0.1) is 0 Å². The molecule has 0 aliphatic carbocycles. The maximum Gasteiger partial charge on any atom is 0.246 e. The SMILES string of the molecule is CC1Cc2ccccc2N1C(=O)CNc1ccc(N2CCCC2)cc1. The fraction of sp³-hybridized carbons (Fsp3) is 0.381. The first-order valence-corrected chi connectivity index (χ1v) is 9.21. The minimum Gasteiger partial charge on any atom is -0.376 e. The van der Waals surface area contributed by atoms with Crippen LogP contribution in [-0.2, 0) is 11.2 Å². The van der Waals surface area contributed by atoms with Crippen LogP contribution in [0, 0.1) is 0 Å². The van der Waals surface area contributed by atoms with Crippen molar-refractivity contribution in [1.29, 1.82) is 0 Å². The van der Waals surface area contributed by atoms with Gasteiger partial charge in [0.2, 0.25) is 5.91 Å². The first kappa shape index (κ1) is 16.0. The van der Waals surface area contributed by atoms with Gasteiger partial charge in [0.1, 0.15) is 0 Å². The Kier molecular flexibility index (Phi) is 4.35. The molecule has 0 bridgehead atoms. The number of hydrogen-bond donors (Lipinski definition) is 1. The standard InChI is InChI=1S/C21H25N3O/c1-16-14-17-6-2-3-7-20(17)24(16)21(25)15-22-18-8-10-19(11-9-18)23-12-4-5-13-23/h2-3,6-11,16,22H,4-5,12-15H2,1H3. The number of rotatable bonds is 4. The first-order valence-electron chi connectivity index (χ1n) is 9.21. The fourth-order valence-corrected chi connectivity index (χ4v) is 3.97. The van der Waals surface area contributed by atoms with Crippen molar-refractivity contribution in [2.24, 2.45) is 0 Å². The Morgan fingerprint density at radius 2 is 1.80 bits per heavy atom.